The van der Waals surface area contributed by atoms with E-state index >= 15 is 0 Å². The number of aliphatic hydroxyl groups excluding tert-OH is 2. The first-order valence-corrected chi connectivity index (χ1v) is 22.4. The summed E-state index contributed by atoms with van der Waals surface area (Å²) in [5.74, 6) is -1.59. The van der Waals surface area contributed by atoms with E-state index in [0.717, 1.165) is 17.6 Å². The van der Waals surface area contributed by atoms with Crippen molar-refractivity contribution in [3.8, 4) is 5.75 Å². The molecule has 17 unspecified atom stereocenters. The predicted molar refractivity (Wildman–Crippen MR) is 229 cm³/mol. The average molecular weight is 857 g/mol. The zero-order chi connectivity index (χ0) is 44.3. The molecule has 0 radical (unpaired) electrons. The molecule has 2 bridgehead atoms. The largest absolute Gasteiger partial charge is 0.508 e. The van der Waals surface area contributed by atoms with Gasteiger partial charge in [0.25, 0.3) is 0 Å². The fourth-order valence-electron chi connectivity index (χ4n) is 9.79. The molecule has 1 spiro atoms. The number of phenolic OH excluding ortho intramolecular Hbond substituents is 1. The number of ether oxygens (including phenoxy) is 9. The molecular formula is C48H72O13. The molecule has 13 nitrogen and oxygen atoms in total. The van der Waals surface area contributed by atoms with Crippen LogP contribution in [-0.4, -0.2) is 121 Å². The van der Waals surface area contributed by atoms with E-state index in [1.807, 2.05) is 39.8 Å². The highest BCUT2D eigenvalue weighted by atomic mass is 16.7. The van der Waals surface area contributed by atoms with Gasteiger partial charge in [0.2, 0.25) is 0 Å². The summed E-state index contributed by atoms with van der Waals surface area (Å²) in [6.45, 7) is 17.8. The molecule has 4 fully saturated rings. The monoisotopic (exact) mass is 856 g/mol. The van der Waals surface area contributed by atoms with Crippen LogP contribution in [0.25, 0.3) is 5.57 Å². The van der Waals surface area contributed by atoms with Crippen LogP contribution in [0.15, 0.2) is 42.0 Å². The minimum Gasteiger partial charge on any atom is -0.508 e. The van der Waals surface area contributed by atoms with Crippen LogP contribution in [0.5, 0.6) is 5.75 Å². The van der Waals surface area contributed by atoms with Crippen molar-refractivity contribution in [3.63, 3.8) is 0 Å². The Morgan fingerprint density at radius 2 is 1.56 bits per heavy atom. The Hall–Kier alpha value is -2.69. The Kier molecular flexibility index (Phi) is 16.0. The lowest BCUT2D eigenvalue weighted by atomic mass is 9.79. The normalized spacial score (nSPS) is 43.0. The quantitative estimate of drug-likeness (QED) is 0.177. The summed E-state index contributed by atoms with van der Waals surface area (Å²) in [5, 5.41) is 32.7. The Labute approximate surface area is 362 Å². The summed E-state index contributed by atoms with van der Waals surface area (Å²) in [6, 6.07) is 3.30. The minimum absolute atomic E-state index is 0.0858. The molecule has 4 saturated heterocycles. The summed E-state index contributed by atoms with van der Waals surface area (Å²) in [7, 11) is 3.23. The van der Waals surface area contributed by atoms with Crippen molar-refractivity contribution in [2.75, 3.05) is 14.2 Å². The number of esters is 1. The lowest BCUT2D eigenvalue weighted by molar-refractivity contribution is -0.353. The first kappa shape index (κ1) is 47.8. The van der Waals surface area contributed by atoms with Crippen molar-refractivity contribution in [1.82, 2.24) is 0 Å². The molecule has 1 aromatic rings. The number of rotatable bonds is 8. The molecule has 342 valence electrons. The van der Waals surface area contributed by atoms with E-state index in [-0.39, 0.29) is 48.6 Å². The van der Waals surface area contributed by atoms with E-state index in [1.54, 1.807) is 40.2 Å². The Morgan fingerprint density at radius 3 is 2.26 bits per heavy atom. The lowest BCUT2D eigenvalue weighted by Gasteiger charge is -2.52. The molecule has 0 saturated carbocycles. The van der Waals surface area contributed by atoms with Crippen molar-refractivity contribution in [1.29, 1.82) is 0 Å². The maximum Gasteiger partial charge on any atom is 0.339 e. The van der Waals surface area contributed by atoms with Crippen LogP contribution in [-0.2, 0) is 42.6 Å². The van der Waals surface area contributed by atoms with Gasteiger partial charge in [-0.05, 0) is 81.4 Å². The van der Waals surface area contributed by atoms with Crippen LogP contribution >= 0.6 is 0 Å². The maximum absolute atomic E-state index is 14.1. The summed E-state index contributed by atoms with van der Waals surface area (Å²) >= 11 is 0. The molecule has 13 heteroatoms. The summed E-state index contributed by atoms with van der Waals surface area (Å²) in [5.41, 5.74) is 3.25. The molecule has 0 amide bonds. The minimum atomic E-state index is -1.15. The zero-order valence-corrected chi connectivity index (χ0v) is 38.1. The van der Waals surface area contributed by atoms with Gasteiger partial charge in [-0.15, -0.1) is 0 Å². The lowest BCUT2D eigenvalue weighted by Crippen LogP contribution is -2.59. The molecule has 1 aromatic carbocycles. The van der Waals surface area contributed by atoms with E-state index in [2.05, 4.69) is 32.9 Å². The third kappa shape index (κ3) is 11.0. The number of carbonyl (C=O) groups is 1. The standard InChI is InChI=1S/C48H72O13/c1-12-25(2)45-30(7)38(50)24-48(61-45)23-34-19-33(60-48)17-16-28(5)44(27(4)15-13-14-26(3)35-20-37(49)29(6)18-36(35)47(52)57-34)58-42-22-40(54-11)46(32(9)56-42)59-41-21-39(53-10)43(51)31(8)55-41/h13-16,18,20,25,27,30-34,38-46,49-51H,12,17,19,21-24H2,1-11H3/b15-13-,26-14-,28-16-. The van der Waals surface area contributed by atoms with Crippen molar-refractivity contribution in [2.45, 2.75) is 193 Å². The molecule has 3 N–H and O–H groups in total. The van der Waals surface area contributed by atoms with E-state index in [1.165, 1.54) is 0 Å². The van der Waals surface area contributed by atoms with E-state index in [0.29, 0.717) is 42.4 Å². The van der Waals surface area contributed by atoms with Gasteiger partial charge in [-0.1, -0.05) is 58.4 Å². The molecule has 5 heterocycles. The first-order chi connectivity index (χ1) is 29.0. The third-order valence-electron chi connectivity index (χ3n) is 13.8. The van der Waals surface area contributed by atoms with Gasteiger partial charge in [-0.25, -0.2) is 4.79 Å². The van der Waals surface area contributed by atoms with E-state index < -0.39 is 79.3 Å². The zero-order valence-electron chi connectivity index (χ0n) is 38.1. The number of aliphatic hydroxyl groups is 2. The fourth-order valence-corrected chi connectivity index (χ4v) is 9.79. The second-order valence-corrected chi connectivity index (χ2v) is 18.4. The number of aromatic hydroxyl groups is 1. The number of allylic oxidation sites excluding steroid dienone is 3. The first-order valence-electron chi connectivity index (χ1n) is 22.4. The van der Waals surface area contributed by atoms with Gasteiger partial charge < -0.3 is 58.0 Å². The molecule has 5 aliphatic rings. The molecule has 61 heavy (non-hydrogen) atoms. The van der Waals surface area contributed by atoms with Gasteiger partial charge in [0.05, 0.1) is 54.4 Å². The van der Waals surface area contributed by atoms with E-state index in [4.69, 9.17) is 42.6 Å². The molecular weight excluding hydrogens is 785 g/mol. The van der Waals surface area contributed by atoms with Crippen LogP contribution in [0, 0.1) is 24.7 Å². The number of hydrogen-bond acceptors (Lipinski definition) is 13. The van der Waals surface area contributed by atoms with Gasteiger partial charge >= 0.3 is 5.97 Å². The van der Waals surface area contributed by atoms with Gasteiger partial charge in [-0.2, -0.15) is 0 Å². The Bertz CT molecular complexity index is 1740. The number of fused-ring (bicyclic) bond motifs is 3. The molecule has 6 rings (SSSR count). The summed E-state index contributed by atoms with van der Waals surface area (Å²) in [4.78, 5) is 14.1. The highest BCUT2D eigenvalue weighted by molar-refractivity contribution is 5.96. The van der Waals surface area contributed by atoms with Gasteiger partial charge in [-0.3, -0.25) is 0 Å². The average Bonchev–Trinajstić information content (AvgIpc) is 3.22. The number of phenols is 1. The number of methoxy groups -OCH3 is 2. The molecule has 0 aromatic heterocycles. The smallest absolute Gasteiger partial charge is 0.339 e. The number of aryl methyl sites for hydroxylation is 1. The second kappa shape index (κ2) is 20.4. The van der Waals surface area contributed by atoms with Crippen LogP contribution in [0.3, 0.4) is 0 Å². The predicted octanol–water partition coefficient (Wildman–Crippen LogP) is 7.31. The van der Waals surface area contributed by atoms with E-state index in [9.17, 15) is 20.1 Å². The third-order valence-corrected chi connectivity index (χ3v) is 13.8. The van der Waals surface area contributed by atoms with Crippen LogP contribution in [0.1, 0.15) is 122 Å². The summed E-state index contributed by atoms with van der Waals surface area (Å²) in [6.07, 6.45) is 4.81. The Balaban J connectivity index is 1.30. The molecule has 0 aliphatic carbocycles. The highest BCUT2D eigenvalue weighted by Crippen LogP contribution is 2.45. The van der Waals surface area contributed by atoms with Crippen molar-refractivity contribution < 1.29 is 62.7 Å². The van der Waals surface area contributed by atoms with Crippen molar-refractivity contribution in [2.24, 2.45) is 17.8 Å². The fraction of sp³-hybridized carbons (Fsp3) is 0.729. The number of hydrogen-bond donors (Lipinski definition) is 3. The van der Waals surface area contributed by atoms with Gasteiger partial charge in [0.15, 0.2) is 18.4 Å². The maximum atomic E-state index is 14.1. The van der Waals surface area contributed by atoms with Gasteiger partial charge in [0, 0.05) is 58.2 Å². The second-order valence-electron chi connectivity index (χ2n) is 18.4. The topological polar surface area (TPSA) is 161 Å². The van der Waals surface area contributed by atoms with Crippen LogP contribution in [0.4, 0.5) is 0 Å². The molecule has 5 aliphatic heterocycles. The Morgan fingerprint density at radius 1 is 0.869 bits per heavy atom. The molecule has 17 atom stereocenters. The van der Waals surface area contributed by atoms with Crippen molar-refractivity contribution >= 4 is 11.5 Å². The number of carbonyl (C=O) groups excluding carboxylic acids is 1. The van der Waals surface area contributed by atoms with Gasteiger partial charge in [0.1, 0.15) is 24.1 Å². The highest BCUT2D eigenvalue weighted by Gasteiger charge is 2.52. The SMILES string of the molecule is CCC(C)C1OC2(CC3CC(C/C=C(/C)C(OC4CC(OC)C(OC5CC(OC)C(O)C(C)O5)C(C)O4)C(C)/C=C\C=C(\C)c4cc(O)c(C)cc4C(=O)O3)O2)CC(O)C1C. The van der Waals surface area contributed by atoms with Crippen LogP contribution < -0.4 is 0 Å². The summed E-state index contributed by atoms with van der Waals surface area (Å²) < 4.78 is 57.6. The van der Waals surface area contributed by atoms with Crippen molar-refractivity contribution in [3.05, 3.63) is 58.7 Å². The van der Waals surface area contributed by atoms with Crippen LogP contribution in [0.2, 0.25) is 0 Å². The number of benzene rings is 1.